The maximum atomic E-state index is 13.4. The quantitative estimate of drug-likeness (QED) is 0.940. The third kappa shape index (κ3) is 3.41. The number of nitrogens with one attached hydrogen (secondary N) is 1. The fourth-order valence-electron chi connectivity index (χ4n) is 2.75. The largest absolute Gasteiger partial charge is 0.496 e. The number of anilines is 1. The van der Waals surface area contributed by atoms with Crippen molar-refractivity contribution in [1.82, 2.24) is 10.3 Å². The summed E-state index contributed by atoms with van der Waals surface area (Å²) in [6.45, 7) is 1.50. The molecule has 1 atom stereocenters. The summed E-state index contributed by atoms with van der Waals surface area (Å²) in [5, 5.41) is 2.94. The lowest BCUT2D eigenvalue weighted by molar-refractivity contribution is 0.0937. The number of benzene rings is 1. The maximum absolute atomic E-state index is 13.4. The number of pyridine rings is 1. The number of ether oxygens (including phenoxy) is 1. The van der Waals surface area contributed by atoms with Crippen LogP contribution in [0.3, 0.4) is 0 Å². The van der Waals surface area contributed by atoms with Gasteiger partial charge >= 0.3 is 0 Å². The van der Waals surface area contributed by atoms with Crippen molar-refractivity contribution in [2.24, 2.45) is 0 Å². The predicted octanol–water partition coefficient (Wildman–Crippen LogP) is 2.24. The number of aromatic nitrogens is 1. The second-order valence-corrected chi connectivity index (χ2v) is 5.44. The first kappa shape index (κ1) is 15.3. The monoisotopic (exact) mass is 315 g/mol. The molecule has 3 rings (SSSR count). The van der Waals surface area contributed by atoms with Crippen LogP contribution in [0.15, 0.2) is 42.6 Å². The number of hydrogen-bond donors (Lipinski definition) is 1. The summed E-state index contributed by atoms with van der Waals surface area (Å²) in [5.41, 5.74) is 0.212. The van der Waals surface area contributed by atoms with Crippen molar-refractivity contribution < 1.29 is 13.9 Å². The van der Waals surface area contributed by atoms with Gasteiger partial charge in [0.15, 0.2) is 0 Å². The van der Waals surface area contributed by atoms with Crippen LogP contribution in [0.4, 0.5) is 10.2 Å². The van der Waals surface area contributed by atoms with E-state index in [0.717, 1.165) is 18.8 Å². The van der Waals surface area contributed by atoms with Crippen molar-refractivity contribution in [1.29, 1.82) is 0 Å². The summed E-state index contributed by atoms with van der Waals surface area (Å²) in [5.74, 6) is 0.475. The summed E-state index contributed by atoms with van der Waals surface area (Å²) in [6, 6.07) is 9.67. The molecule has 1 saturated heterocycles. The lowest BCUT2D eigenvalue weighted by Crippen LogP contribution is -2.37. The highest BCUT2D eigenvalue weighted by Crippen LogP contribution is 2.21. The smallest absolute Gasteiger partial charge is 0.255 e. The van der Waals surface area contributed by atoms with Crippen molar-refractivity contribution in [3.8, 4) is 5.75 Å². The molecule has 0 radical (unpaired) electrons. The van der Waals surface area contributed by atoms with Gasteiger partial charge in [0, 0.05) is 25.3 Å². The van der Waals surface area contributed by atoms with Crippen molar-refractivity contribution in [2.45, 2.75) is 12.5 Å². The Morgan fingerprint density at radius 3 is 3.00 bits per heavy atom. The lowest BCUT2D eigenvalue weighted by atomic mass is 10.1. The standard InChI is InChI=1S/C17H18FN3O2/c1-23-15-6-5-12(18)10-14(15)17(22)20-13-7-9-21(11-13)16-4-2-3-8-19-16/h2-6,8,10,13H,7,9,11H2,1H3,(H,20,22). The Hall–Kier alpha value is -2.63. The molecule has 1 aromatic carbocycles. The number of carbonyl (C=O) groups excluding carboxylic acids is 1. The minimum atomic E-state index is -0.461. The Bertz CT molecular complexity index is 693. The molecule has 1 aromatic heterocycles. The van der Waals surface area contributed by atoms with E-state index in [2.05, 4.69) is 15.2 Å². The molecular formula is C17H18FN3O2. The van der Waals surface area contributed by atoms with Gasteiger partial charge < -0.3 is 15.0 Å². The Labute approximate surface area is 134 Å². The first-order chi connectivity index (χ1) is 11.2. The molecule has 2 heterocycles. The minimum absolute atomic E-state index is 0.00233. The van der Waals surface area contributed by atoms with E-state index in [1.807, 2.05) is 18.2 Å². The fraction of sp³-hybridized carbons (Fsp3) is 0.294. The Morgan fingerprint density at radius 1 is 1.39 bits per heavy atom. The number of halogens is 1. The molecule has 0 aliphatic carbocycles. The number of hydrogen-bond acceptors (Lipinski definition) is 4. The second kappa shape index (κ2) is 6.64. The van der Waals surface area contributed by atoms with Gasteiger partial charge in [-0.15, -0.1) is 0 Å². The zero-order valence-corrected chi connectivity index (χ0v) is 12.8. The van der Waals surface area contributed by atoms with Crippen LogP contribution < -0.4 is 15.0 Å². The maximum Gasteiger partial charge on any atom is 0.255 e. The first-order valence-electron chi connectivity index (χ1n) is 7.48. The minimum Gasteiger partial charge on any atom is -0.496 e. The highest BCUT2D eigenvalue weighted by Gasteiger charge is 2.26. The van der Waals surface area contributed by atoms with Gasteiger partial charge in [0.2, 0.25) is 0 Å². The molecule has 2 aromatic rings. The number of rotatable bonds is 4. The van der Waals surface area contributed by atoms with E-state index in [1.54, 1.807) is 6.20 Å². The Balaban J connectivity index is 1.67. The molecule has 1 unspecified atom stereocenters. The van der Waals surface area contributed by atoms with Crippen molar-refractivity contribution in [2.75, 3.05) is 25.1 Å². The molecule has 1 aliphatic rings. The lowest BCUT2D eigenvalue weighted by Gasteiger charge is -2.18. The molecule has 1 N–H and O–H groups in total. The zero-order chi connectivity index (χ0) is 16.2. The number of methoxy groups -OCH3 is 1. The molecular weight excluding hydrogens is 297 g/mol. The molecule has 5 nitrogen and oxygen atoms in total. The number of nitrogens with zero attached hydrogens (tertiary/aromatic N) is 2. The third-order valence-electron chi connectivity index (χ3n) is 3.90. The van der Waals surface area contributed by atoms with Gasteiger partial charge in [-0.05, 0) is 36.8 Å². The van der Waals surface area contributed by atoms with Crippen LogP contribution in [-0.4, -0.2) is 37.1 Å². The first-order valence-corrected chi connectivity index (χ1v) is 7.48. The van der Waals surface area contributed by atoms with Crippen LogP contribution in [-0.2, 0) is 0 Å². The zero-order valence-electron chi connectivity index (χ0n) is 12.8. The van der Waals surface area contributed by atoms with Gasteiger partial charge in [-0.25, -0.2) is 9.37 Å². The summed E-state index contributed by atoms with van der Waals surface area (Å²) in [7, 11) is 1.46. The molecule has 1 aliphatic heterocycles. The van der Waals surface area contributed by atoms with Crippen molar-refractivity contribution >= 4 is 11.7 Å². The third-order valence-corrected chi connectivity index (χ3v) is 3.90. The van der Waals surface area contributed by atoms with Crippen molar-refractivity contribution in [3.05, 3.63) is 54.0 Å². The van der Waals surface area contributed by atoms with E-state index in [-0.39, 0.29) is 17.5 Å². The van der Waals surface area contributed by atoms with E-state index in [1.165, 1.54) is 25.3 Å². The van der Waals surface area contributed by atoms with Gasteiger partial charge in [0.1, 0.15) is 17.4 Å². The van der Waals surface area contributed by atoms with Gasteiger partial charge in [0.05, 0.1) is 12.7 Å². The van der Waals surface area contributed by atoms with Crippen LogP contribution in [0.5, 0.6) is 5.75 Å². The Morgan fingerprint density at radius 2 is 2.26 bits per heavy atom. The number of amides is 1. The fourth-order valence-corrected chi connectivity index (χ4v) is 2.75. The second-order valence-electron chi connectivity index (χ2n) is 5.44. The van der Waals surface area contributed by atoms with Crippen LogP contribution in [0.25, 0.3) is 0 Å². The van der Waals surface area contributed by atoms with Crippen LogP contribution in [0.1, 0.15) is 16.8 Å². The van der Waals surface area contributed by atoms with Gasteiger partial charge in [-0.2, -0.15) is 0 Å². The molecule has 1 fully saturated rings. The van der Waals surface area contributed by atoms with E-state index in [4.69, 9.17) is 4.74 Å². The molecule has 0 saturated carbocycles. The van der Waals surface area contributed by atoms with E-state index in [0.29, 0.717) is 12.3 Å². The highest BCUT2D eigenvalue weighted by atomic mass is 19.1. The Kier molecular flexibility index (Phi) is 4.41. The van der Waals surface area contributed by atoms with E-state index >= 15 is 0 Å². The summed E-state index contributed by atoms with van der Waals surface area (Å²) < 4.78 is 18.5. The van der Waals surface area contributed by atoms with Crippen LogP contribution >= 0.6 is 0 Å². The van der Waals surface area contributed by atoms with Crippen LogP contribution in [0, 0.1) is 5.82 Å². The molecule has 1 amide bonds. The van der Waals surface area contributed by atoms with Gasteiger partial charge in [-0.3, -0.25) is 4.79 Å². The number of carbonyl (C=O) groups is 1. The van der Waals surface area contributed by atoms with Crippen LogP contribution in [0.2, 0.25) is 0 Å². The highest BCUT2D eigenvalue weighted by molar-refractivity contribution is 5.97. The topological polar surface area (TPSA) is 54.5 Å². The summed E-state index contributed by atoms with van der Waals surface area (Å²) in [4.78, 5) is 18.8. The molecule has 6 heteroatoms. The predicted molar refractivity (Wildman–Crippen MR) is 85.3 cm³/mol. The normalized spacial score (nSPS) is 17.1. The van der Waals surface area contributed by atoms with Gasteiger partial charge in [-0.1, -0.05) is 6.07 Å². The average Bonchev–Trinajstić information content (AvgIpc) is 3.04. The van der Waals surface area contributed by atoms with Crippen molar-refractivity contribution in [3.63, 3.8) is 0 Å². The summed E-state index contributed by atoms with van der Waals surface area (Å²) >= 11 is 0. The molecule has 0 bridgehead atoms. The molecule has 0 spiro atoms. The SMILES string of the molecule is COc1ccc(F)cc1C(=O)NC1CCN(c2ccccn2)C1. The van der Waals surface area contributed by atoms with E-state index in [9.17, 15) is 9.18 Å². The average molecular weight is 315 g/mol. The molecule has 23 heavy (non-hydrogen) atoms. The van der Waals surface area contributed by atoms with Gasteiger partial charge in [0.25, 0.3) is 5.91 Å². The summed E-state index contributed by atoms with van der Waals surface area (Å²) in [6.07, 6.45) is 2.57. The molecule has 120 valence electrons. The van der Waals surface area contributed by atoms with E-state index < -0.39 is 5.82 Å².